The molecule has 0 heterocycles. The van der Waals surface area contributed by atoms with Crippen molar-refractivity contribution in [3.63, 3.8) is 0 Å². The molecule has 0 aromatic heterocycles. The van der Waals surface area contributed by atoms with Crippen molar-refractivity contribution in [3.8, 4) is 6.07 Å². The fraction of sp³-hybridized carbons (Fsp3) is 0. The maximum absolute atomic E-state index is 12.7. The second kappa shape index (κ2) is 3.54. The quantitative estimate of drug-likeness (QED) is 0.823. The summed E-state index contributed by atoms with van der Waals surface area (Å²) < 4.78 is 12.8. The number of nitrogens with zero attached hydrogens (tertiary/aromatic N) is 1. The summed E-state index contributed by atoms with van der Waals surface area (Å²) in [6.45, 7) is 0. The number of hydrogen-bond donors (Lipinski definition) is 1. The summed E-state index contributed by atoms with van der Waals surface area (Å²) in [5.74, 6) is -2.01. The Bertz CT molecular complexity index is 411. The van der Waals surface area contributed by atoms with Crippen LogP contribution in [0.25, 0.3) is 0 Å². The highest BCUT2D eigenvalue weighted by atomic mass is 79.9. The van der Waals surface area contributed by atoms with Gasteiger partial charge in [-0.05, 0) is 28.1 Å². The van der Waals surface area contributed by atoms with Crippen LogP contribution in [-0.2, 0) is 0 Å². The van der Waals surface area contributed by atoms with Crippen LogP contribution in [0, 0.1) is 17.1 Å². The topological polar surface area (TPSA) is 61.1 Å². The van der Waals surface area contributed by atoms with Crippen molar-refractivity contribution in [1.29, 1.82) is 5.26 Å². The highest BCUT2D eigenvalue weighted by molar-refractivity contribution is 9.10. The Morgan fingerprint density at radius 3 is 2.69 bits per heavy atom. The van der Waals surface area contributed by atoms with Crippen molar-refractivity contribution in [1.82, 2.24) is 0 Å². The van der Waals surface area contributed by atoms with Crippen LogP contribution in [-0.4, -0.2) is 11.1 Å². The van der Waals surface area contributed by atoms with E-state index in [1.165, 1.54) is 0 Å². The summed E-state index contributed by atoms with van der Waals surface area (Å²) in [6.07, 6.45) is 0. The molecule has 0 aliphatic carbocycles. The smallest absolute Gasteiger partial charge is 0.336 e. The Morgan fingerprint density at radius 2 is 2.23 bits per heavy atom. The molecule has 0 spiro atoms. The Balaban J connectivity index is 3.47. The Morgan fingerprint density at radius 1 is 1.62 bits per heavy atom. The van der Waals surface area contributed by atoms with Gasteiger partial charge in [0.25, 0.3) is 0 Å². The minimum atomic E-state index is -1.28. The van der Waals surface area contributed by atoms with Crippen LogP contribution in [0.2, 0.25) is 0 Å². The van der Waals surface area contributed by atoms with E-state index in [-0.39, 0.29) is 15.6 Å². The number of benzene rings is 1. The highest BCUT2D eigenvalue weighted by Gasteiger charge is 2.13. The molecular formula is C8H3BrFNO2. The molecule has 0 aliphatic rings. The van der Waals surface area contributed by atoms with Gasteiger partial charge < -0.3 is 5.11 Å². The predicted molar refractivity (Wildman–Crippen MR) is 45.8 cm³/mol. The van der Waals surface area contributed by atoms with E-state index >= 15 is 0 Å². The van der Waals surface area contributed by atoms with Crippen molar-refractivity contribution in [2.24, 2.45) is 0 Å². The van der Waals surface area contributed by atoms with Crippen LogP contribution in [0.3, 0.4) is 0 Å². The van der Waals surface area contributed by atoms with E-state index in [0.29, 0.717) is 0 Å². The summed E-state index contributed by atoms with van der Waals surface area (Å²) in [5, 5.41) is 17.1. The zero-order valence-electron chi connectivity index (χ0n) is 6.21. The average molecular weight is 244 g/mol. The van der Waals surface area contributed by atoms with E-state index in [2.05, 4.69) is 15.9 Å². The zero-order chi connectivity index (χ0) is 10.0. The molecule has 0 radical (unpaired) electrons. The predicted octanol–water partition coefficient (Wildman–Crippen LogP) is 2.16. The van der Waals surface area contributed by atoms with Gasteiger partial charge in [-0.15, -0.1) is 0 Å². The third kappa shape index (κ3) is 1.84. The number of aromatic carboxylic acids is 1. The number of carboxylic acid groups (broad SMARTS) is 1. The van der Waals surface area contributed by atoms with Crippen LogP contribution in [0.1, 0.15) is 15.9 Å². The Hall–Kier alpha value is -1.41. The van der Waals surface area contributed by atoms with Gasteiger partial charge in [0.1, 0.15) is 11.9 Å². The van der Waals surface area contributed by atoms with Crippen molar-refractivity contribution in [2.45, 2.75) is 0 Å². The van der Waals surface area contributed by atoms with E-state index < -0.39 is 11.8 Å². The first-order chi connectivity index (χ1) is 6.06. The molecule has 0 amide bonds. The highest BCUT2D eigenvalue weighted by Crippen LogP contribution is 2.22. The molecule has 5 heteroatoms. The molecule has 1 aromatic rings. The molecule has 0 saturated heterocycles. The maximum Gasteiger partial charge on any atom is 0.336 e. The van der Waals surface area contributed by atoms with Gasteiger partial charge in [-0.25, -0.2) is 9.18 Å². The number of halogens is 2. The maximum atomic E-state index is 12.7. The van der Waals surface area contributed by atoms with Crippen LogP contribution in [0.4, 0.5) is 4.39 Å². The zero-order valence-corrected chi connectivity index (χ0v) is 7.80. The molecule has 0 aliphatic heterocycles. The Labute approximate surface area is 81.5 Å². The second-order valence-corrected chi connectivity index (χ2v) is 3.02. The van der Waals surface area contributed by atoms with Crippen molar-refractivity contribution in [2.75, 3.05) is 0 Å². The van der Waals surface area contributed by atoms with Gasteiger partial charge in [0.05, 0.1) is 15.6 Å². The van der Waals surface area contributed by atoms with Gasteiger partial charge in [0, 0.05) is 0 Å². The van der Waals surface area contributed by atoms with Crippen molar-refractivity contribution in [3.05, 3.63) is 33.5 Å². The monoisotopic (exact) mass is 243 g/mol. The molecule has 0 bridgehead atoms. The van der Waals surface area contributed by atoms with Gasteiger partial charge >= 0.3 is 5.97 Å². The lowest BCUT2D eigenvalue weighted by Gasteiger charge is -2.00. The summed E-state index contributed by atoms with van der Waals surface area (Å²) >= 11 is 2.91. The minimum Gasteiger partial charge on any atom is -0.478 e. The molecular weight excluding hydrogens is 241 g/mol. The molecule has 3 nitrogen and oxygen atoms in total. The van der Waals surface area contributed by atoms with Gasteiger partial charge in [-0.2, -0.15) is 5.26 Å². The molecule has 13 heavy (non-hydrogen) atoms. The fourth-order valence-electron chi connectivity index (χ4n) is 0.826. The summed E-state index contributed by atoms with van der Waals surface area (Å²) in [7, 11) is 0. The number of hydrogen-bond acceptors (Lipinski definition) is 2. The van der Waals surface area contributed by atoms with Gasteiger partial charge in [0.15, 0.2) is 0 Å². The summed E-state index contributed by atoms with van der Waals surface area (Å²) in [6, 6.07) is 3.50. The first-order valence-corrected chi connectivity index (χ1v) is 3.98. The van der Waals surface area contributed by atoms with Crippen molar-refractivity contribution < 1.29 is 14.3 Å². The van der Waals surface area contributed by atoms with Crippen LogP contribution >= 0.6 is 15.9 Å². The standard InChI is InChI=1S/C8H3BrFNO2/c9-7-4(3-11)1-5(10)2-6(7)8(12)13/h1-2H,(H,12,13). The second-order valence-electron chi connectivity index (χ2n) is 2.23. The third-order valence-electron chi connectivity index (χ3n) is 1.39. The molecule has 0 atom stereocenters. The van der Waals surface area contributed by atoms with E-state index in [9.17, 15) is 9.18 Å². The van der Waals surface area contributed by atoms with Gasteiger partial charge in [-0.3, -0.25) is 0 Å². The van der Waals surface area contributed by atoms with Crippen LogP contribution in [0.15, 0.2) is 16.6 Å². The lowest BCUT2D eigenvalue weighted by atomic mass is 10.1. The lowest BCUT2D eigenvalue weighted by Crippen LogP contribution is -2.00. The molecule has 66 valence electrons. The van der Waals surface area contributed by atoms with Crippen LogP contribution < -0.4 is 0 Å². The molecule has 1 N–H and O–H groups in total. The SMILES string of the molecule is N#Cc1cc(F)cc(C(=O)O)c1Br. The average Bonchev–Trinajstić information content (AvgIpc) is 2.08. The molecule has 0 unspecified atom stereocenters. The summed E-state index contributed by atoms with van der Waals surface area (Å²) in [4.78, 5) is 10.5. The first kappa shape index (κ1) is 9.68. The number of nitriles is 1. The largest absolute Gasteiger partial charge is 0.478 e. The van der Waals surface area contributed by atoms with Gasteiger partial charge in [-0.1, -0.05) is 0 Å². The van der Waals surface area contributed by atoms with E-state index in [1.54, 1.807) is 6.07 Å². The molecule has 0 fully saturated rings. The summed E-state index contributed by atoms with van der Waals surface area (Å²) in [5.41, 5.74) is -0.283. The first-order valence-electron chi connectivity index (χ1n) is 3.18. The van der Waals surface area contributed by atoms with Crippen LogP contribution in [0.5, 0.6) is 0 Å². The van der Waals surface area contributed by atoms with Gasteiger partial charge in [0.2, 0.25) is 0 Å². The number of carbonyl (C=O) groups is 1. The molecule has 1 aromatic carbocycles. The van der Waals surface area contributed by atoms with Crippen molar-refractivity contribution >= 4 is 21.9 Å². The Kier molecular flexibility index (Phi) is 2.63. The van der Waals surface area contributed by atoms with E-state index in [0.717, 1.165) is 12.1 Å². The fourth-order valence-corrected chi connectivity index (χ4v) is 1.31. The number of carboxylic acids is 1. The molecule has 0 saturated carbocycles. The van der Waals surface area contributed by atoms with E-state index in [4.69, 9.17) is 10.4 Å². The molecule has 1 rings (SSSR count). The minimum absolute atomic E-state index is 0.0302. The lowest BCUT2D eigenvalue weighted by molar-refractivity contribution is 0.0695. The number of rotatable bonds is 1. The van der Waals surface area contributed by atoms with E-state index in [1.807, 2.05) is 0 Å². The normalized spacial score (nSPS) is 9.31. The third-order valence-corrected chi connectivity index (χ3v) is 2.24.